The van der Waals surface area contributed by atoms with Crippen LogP contribution in [0, 0.1) is 18.8 Å². The summed E-state index contributed by atoms with van der Waals surface area (Å²) in [5.41, 5.74) is 16.7. The Bertz CT molecular complexity index is 1580. The van der Waals surface area contributed by atoms with E-state index in [-0.39, 0.29) is 30.7 Å². The molecule has 2 aromatic carbocycles. The Labute approximate surface area is 250 Å². The highest BCUT2D eigenvalue weighted by Crippen LogP contribution is 2.33. The third-order valence-corrected chi connectivity index (χ3v) is 8.01. The zero-order chi connectivity index (χ0) is 28.9. The van der Waals surface area contributed by atoms with Crippen molar-refractivity contribution in [2.75, 3.05) is 11.4 Å². The van der Waals surface area contributed by atoms with E-state index in [0.29, 0.717) is 42.4 Å². The number of nitrogens with zero attached hydrogens (tertiary/aromatic N) is 3. The molecule has 4 aromatic rings. The van der Waals surface area contributed by atoms with Gasteiger partial charge in [-0.1, -0.05) is 24.3 Å². The van der Waals surface area contributed by atoms with Gasteiger partial charge < -0.3 is 11.5 Å². The Morgan fingerprint density at radius 3 is 2.40 bits per heavy atom. The van der Waals surface area contributed by atoms with E-state index < -0.39 is 17.6 Å². The molecule has 0 bridgehead atoms. The SMILES string of the molecule is Cc1cnccc1-c1cccc(C[C@@H](C(N)=O)N(c2ccc(-c3n[nH]c(=O)[nH]3)cc2)C(=O)[C@H]2CC[C@H](CN)CC2)c1.Cl. The molecule has 1 aliphatic carbocycles. The topological polar surface area (TPSA) is 164 Å². The first-order valence-corrected chi connectivity index (χ1v) is 13.9. The number of hydrogen-bond donors (Lipinski definition) is 4. The predicted molar refractivity (Wildman–Crippen MR) is 165 cm³/mol. The summed E-state index contributed by atoms with van der Waals surface area (Å²) in [6.07, 6.45) is 7.00. The van der Waals surface area contributed by atoms with E-state index in [1.807, 2.05) is 43.5 Å². The molecule has 6 N–H and O–H groups in total. The van der Waals surface area contributed by atoms with Crippen LogP contribution in [0.1, 0.15) is 36.8 Å². The number of rotatable bonds is 9. The largest absolute Gasteiger partial charge is 0.368 e. The molecule has 1 fully saturated rings. The molecule has 0 radical (unpaired) electrons. The number of amides is 2. The third kappa shape index (κ3) is 6.78. The third-order valence-electron chi connectivity index (χ3n) is 8.01. The standard InChI is InChI=1S/C31H35N7O3.ClH/c1-19-18-34-14-13-26(19)24-4-2-3-21(15-24)16-27(28(33)39)38(30(40)23-7-5-20(17-32)6-8-23)25-11-9-22(10-12-25)29-35-31(41)37-36-29;/h2-4,9-15,18,20,23,27H,5-8,16-17,32H2,1H3,(H2,33,39)(H2,35,36,37,41);1H/t20-,23-,27-;/m0./s1. The summed E-state index contributed by atoms with van der Waals surface area (Å²) in [6, 6.07) is 16.0. The van der Waals surface area contributed by atoms with Crippen LogP contribution < -0.4 is 22.1 Å². The molecule has 220 valence electrons. The van der Waals surface area contributed by atoms with E-state index >= 15 is 0 Å². The zero-order valence-electron chi connectivity index (χ0n) is 23.5. The number of anilines is 1. The van der Waals surface area contributed by atoms with Crippen molar-refractivity contribution in [1.29, 1.82) is 0 Å². The Balaban J connectivity index is 0.00000405. The van der Waals surface area contributed by atoms with Gasteiger partial charge in [0, 0.05) is 36.0 Å². The van der Waals surface area contributed by atoms with Crippen molar-refractivity contribution in [1.82, 2.24) is 20.2 Å². The minimum Gasteiger partial charge on any atom is -0.368 e. The van der Waals surface area contributed by atoms with Crippen molar-refractivity contribution in [2.45, 2.75) is 45.1 Å². The fourth-order valence-electron chi connectivity index (χ4n) is 5.69. The number of carbonyl (C=O) groups excluding carboxylic acids is 2. The van der Waals surface area contributed by atoms with Crippen LogP contribution in [0.25, 0.3) is 22.5 Å². The molecule has 0 aliphatic heterocycles. The molecule has 0 unspecified atom stereocenters. The lowest BCUT2D eigenvalue weighted by Gasteiger charge is -2.35. The Hall–Kier alpha value is -4.28. The van der Waals surface area contributed by atoms with Crippen LogP contribution in [-0.2, 0) is 16.0 Å². The highest BCUT2D eigenvalue weighted by Gasteiger charge is 2.36. The molecule has 2 aromatic heterocycles. The summed E-state index contributed by atoms with van der Waals surface area (Å²) in [4.78, 5) is 47.1. The van der Waals surface area contributed by atoms with E-state index in [9.17, 15) is 14.4 Å². The maximum absolute atomic E-state index is 14.1. The molecule has 0 spiro atoms. The van der Waals surface area contributed by atoms with Crippen molar-refractivity contribution >= 4 is 29.9 Å². The summed E-state index contributed by atoms with van der Waals surface area (Å²) >= 11 is 0. The molecule has 0 saturated heterocycles. The number of pyridine rings is 1. The van der Waals surface area contributed by atoms with Gasteiger partial charge in [0.05, 0.1) is 0 Å². The Morgan fingerprint density at radius 1 is 1.05 bits per heavy atom. The molecule has 1 saturated carbocycles. The highest BCUT2D eigenvalue weighted by atomic mass is 35.5. The molecule has 1 aliphatic rings. The minimum absolute atomic E-state index is 0. The average molecular weight is 590 g/mol. The van der Waals surface area contributed by atoms with E-state index in [2.05, 4.69) is 20.2 Å². The number of benzene rings is 2. The normalized spacial score (nSPS) is 17.2. The van der Waals surface area contributed by atoms with Gasteiger partial charge in [-0.05, 0) is 97.7 Å². The first-order valence-electron chi connectivity index (χ1n) is 13.9. The van der Waals surface area contributed by atoms with Gasteiger partial charge in [0.25, 0.3) is 0 Å². The van der Waals surface area contributed by atoms with Gasteiger partial charge in [0.2, 0.25) is 11.8 Å². The fraction of sp³-hybridized carbons (Fsp3) is 0.323. The first-order chi connectivity index (χ1) is 19.8. The van der Waals surface area contributed by atoms with Gasteiger partial charge in [-0.25, -0.2) is 9.89 Å². The second-order valence-electron chi connectivity index (χ2n) is 10.7. The fourth-order valence-corrected chi connectivity index (χ4v) is 5.69. The maximum atomic E-state index is 14.1. The second kappa shape index (κ2) is 13.6. The van der Waals surface area contributed by atoms with Crippen LogP contribution >= 0.6 is 12.4 Å². The average Bonchev–Trinajstić information content (AvgIpc) is 3.43. The zero-order valence-corrected chi connectivity index (χ0v) is 24.3. The van der Waals surface area contributed by atoms with Crippen LogP contribution in [0.2, 0.25) is 0 Å². The number of H-pyrrole nitrogens is 2. The molecular weight excluding hydrogens is 554 g/mol. The Morgan fingerprint density at radius 2 is 1.79 bits per heavy atom. The summed E-state index contributed by atoms with van der Waals surface area (Å²) in [5.74, 6) is -0.136. The van der Waals surface area contributed by atoms with E-state index in [1.54, 1.807) is 35.4 Å². The van der Waals surface area contributed by atoms with Gasteiger partial charge in [-0.3, -0.25) is 24.5 Å². The molecule has 2 amide bonds. The lowest BCUT2D eigenvalue weighted by Crippen LogP contribution is -2.52. The minimum atomic E-state index is -0.903. The van der Waals surface area contributed by atoms with Crippen molar-refractivity contribution in [3.05, 3.63) is 88.6 Å². The van der Waals surface area contributed by atoms with Crippen LogP contribution in [-0.4, -0.2) is 44.6 Å². The monoisotopic (exact) mass is 589 g/mol. The number of hydrogen-bond acceptors (Lipinski definition) is 6. The lowest BCUT2D eigenvalue weighted by atomic mass is 9.81. The number of aryl methyl sites for hydroxylation is 1. The smallest absolute Gasteiger partial charge is 0.340 e. The first kappa shape index (κ1) is 30.7. The van der Waals surface area contributed by atoms with Crippen LogP contribution in [0.5, 0.6) is 0 Å². The van der Waals surface area contributed by atoms with Gasteiger partial charge in [-0.2, -0.15) is 5.10 Å². The van der Waals surface area contributed by atoms with Gasteiger partial charge in [0.15, 0.2) is 5.82 Å². The van der Waals surface area contributed by atoms with E-state index in [4.69, 9.17) is 11.5 Å². The second-order valence-corrected chi connectivity index (χ2v) is 10.7. The van der Waals surface area contributed by atoms with Gasteiger partial charge in [-0.15, -0.1) is 12.4 Å². The molecule has 10 nitrogen and oxygen atoms in total. The number of halogens is 1. The molecule has 1 atom stereocenters. The molecule has 5 rings (SSSR count). The van der Waals surface area contributed by atoms with E-state index in [0.717, 1.165) is 35.1 Å². The van der Waals surface area contributed by atoms with Crippen molar-refractivity contribution < 1.29 is 9.59 Å². The molecular formula is C31H36ClN7O3. The molecule has 2 heterocycles. The summed E-state index contributed by atoms with van der Waals surface area (Å²) < 4.78 is 0. The Kier molecular flexibility index (Phi) is 9.92. The molecule has 11 heteroatoms. The number of aromatic amines is 2. The number of aromatic nitrogens is 4. The predicted octanol–water partition coefficient (Wildman–Crippen LogP) is 3.75. The number of primary amides is 1. The van der Waals surface area contributed by atoms with Crippen LogP contribution in [0.3, 0.4) is 0 Å². The van der Waals surface area contributed by atoms with Crippen molar-refractivity contribution in [2.24, 2.45) is 23.3 Å². The lowest BCUT2D eigenvalue weighted by molar-refractivity contribution is -0.127. The summed E-state index contributed by atoms with van der Waals surface area (Å²) in [5, 5.41) is 6.34. The number of nitrogens with one attached hydrogen (secondary N) is 2. The maximum Gasteiger partial charge on any atom is 0.340 e. The van der Waals surface area contributed by atoms with Crippen molar-refractivity contribution in [3.8, 4) is 22.5 Å². The van der Waals surface area contributed by atoms with Crippen molar-refractivity contribution in [3.63, 3.8) is 0 Å². The van der Waals surface area contributed by atoms with Crippen LogP contribution in [0.4, 0.5) is 5.69 Å². The highest BCUT2D eigenvalue weighted by molar-refractivity contribution is 6.01. The molecule has 42 heavy (non-hydrogen) atoms. The summed E-state index contributed by atoms with van der Waals surface area (Å²) in [7, 11) is 0. The van der Waals surface area contributed by atoms with Gasteiger partial charge in [0.1, 0.15) is 6.04 Å². The van der Waals surface area contributed by atoms with Gasteiger partial charge >= 0.3 is 5.69 Å². The number of carbonyl (C=O) groups is 2. The van der Waals surface area contributed by atoms with E-state index in [1.165, 1.54) is 0 Å². The quantitative estimate of drug-likeness (QED) is 0.232. The summed E-state index contributed by atoms with van der Waals surface area (Å²) in [6.45, 7) is 2.61. The van der Waals surface area contributed by atoms with Crippen LogP contribution in [0.15, 0.2) is 71.8 Å². The number of nitrogens with two attached hydrogens (primary N) is 2.